The van der Waals surface area contributed by atoms with Crippen molar-refractivity contribution in [2.24, 2.45) is 0 Å². The number of ketones is 1. The molecule has 2 aromatic rings. The van der Waals surface area contributed by atoms with Crippen LogP contribution in [0.25, 0.3) is 0 Å². The molecule has 2 aromatic heterocycles. The largest absolute Gasteiger partial charge is 0.469 e. The van der Waals surface area contributed by atoms with Crippen molar-refractivity contribution in [1.29, 1.82) is 0 Å². The van der Waals surface area contributed by atoms with Crippen molar-refractivity contribution < 1.29 is 28.3 Å². The molecule has 1 atom stereocenters. The number of carbonyl (C=O) groups excluding carboxylic acids is 3. The predicted octanol–water partition coefficient (Wildman–Crippen LogP) is 2.75. The van der Waals surface area contributed by atoms with E-state index in [1.165, 1.54) is 26.4 Å². The molecule has 128 valence electrons. The molecule has 7 heteroatoms. The molecular weight excluding hydrogens is 314 g/mol. The van der Waals surface area contributed by atoms with Crippen molar-refractivity contribution in [2.75, 3.05) is 7.11 Å². The Balaban J connectivity index is 2.21. The average Bonchev–Trinajstić information content (AvgIpc) is 3.09. The molecule has 7 nitrogen and oxygen atoms in total. The van der Waals surface area contributed by atoms with E-state index >= 15 is 0 Å². The van der Waals surface area contributed by atoms with Gasteiger partial charge in [-0.25, -0.2) is 9.59 Å². The zero-order valence-electron chi connectivity index (χ0n) is 14.2. The van der Waals surface area contributed by atoms with Gasteiger partial charge in [-0.3, -0.25) is 4.79 Å². The fourth-order valence-corrected chi connectivity index (χ4v) is 2.48. The number of aromatic amines is 1. The Morgan fingerprint density at radius 2 is 1.83 bits per heavy atom. The number of methoxy groups -OCH3 is 1. The van der Waals surface area contributed by atoms with Gasteiger partial charge in [0.1, 0.15) is 11.3 Å². The summed E-state index contributed by atoms with van der Waals surface area (Å²) in [5, 5.41) is 0. The Hall–Kier alpha value is -2.83. The van der Waals surface area contributed by atoms with E-state index < -0.39 is 23.8 Å². The highest BCUT2D eigenvalue weighted by atomic mass is 16.5. The lowest BCUT2D eigenvalue weighted by molar-refractivity contribution is 0.0315. The Labute approximate surface area is 138 Å². The summed E-state index contributed by atoms with van der Waals surface area (Å²) in [4.78, 5) is 39.3. The van der Waals surface area contributed by atoms with Gasteiger partial charge in [-0.1, -0.05) is 0 Å². The van der Waals surface area contributed by atoms with Crippen LogP contribution in [-0.2, 0) is 9.47 Å². The second kappa shape index (κ2) is 6.74. The van der Waals surface area contributed by atoms with Crippen LogP contribution in [-0.4, -0.2) is 35.9 Å². The molecule has 24 heavy (non-hydrogen) atoms. The normalized spacial score (nSPS) is 11.9. The van der Waals surface area contributed by atoms with Gasteiger partial charge < -0.3 is 18.9 Å². The summed E-state index contributed by atoms with van der Waals surface area (Å²) in [6.07, 6.45) is 0.355. The summed E-state index contributed by atoms with van der Waals surface area (Å²) in [5.74, 6) is -1.19. The standard InChI is InChI=1S/C17H19NO6/c1-8-13(17(21)22-5)9(2)18-14(8)15(19)11(4)24-16(20)12-6-7-23-10(12)3/h6-7,11,18H,1-5H3/t11-/m0/s1. The minimum atomic E-state index is -1.02. The summed E-state index contributed by atoms with van der Waals surface area (Å²) in [7, 11) is 1.27. The summed E-state index contributed by atoms with van der Waals surface area (Å²) in [6.45, 7) is 6.41. The molecule has 0 spiro atoms. The van der Waals surface area contributed by atoms with E-state index in [-0.39, 0.29) is 11.3 Å². The van der Waals surface area contributed by atoms with Gasteiger partial charge in [-0.05, 0) is 39.3 Å². The highest BCUT2D eigenvalue weighted by molar-refractivity contribution is 6.04. The summed E-state index contributed by atoms with van der Waals surface area (Å²) in [5.41, 5.74) is 1.78. The maximum absolute atomic E-state index is 12.5. The maximum atomic E-state index is 12.5. The minimum Gasteiger partial charge on any atom is -0.469 e. The fraction of sp³-hybridized carbons (Fsp3) is 0.353. The van der Waals surface area contributed by atoms with Gasteiger partial charge in [0.15, 0.2) is 6.10 Å². The number of ether oxygens (including phenoxy) is 2. The molecule has 0 radical (unpaired) electrons. The molecule has 0 saturated carbocycles. The third-order valence-electron chi connectivity index (χ3n) is 3.81. The van der Waals surface area contributed by atoms with Crippen molar-refractivity contribution in [1.82, 2.24) is 4.98 Å². The number of rotatable bonds is 5. The van der Waals surface area contributed by atoms with Crippen LogP contribution >= 0.6 is 0 Å². The van der Waals surface area contributed by atoms with E-state index in [0.717, 1.165) is 0 Å². The first-order valence-electron chi connectivity index (χ1n) is 7.34. The molecule has 0 unspecified atom stereocenters. The van der Waals surface area contributed by atoms with E-state index in [2.05, 4.69) is 4.98 Å². The van der Waals surface area contributed by atoms with Crippen LogP contribution in [0.1, 0.15) is 55.1 Å². The molecule has 1 N–H and O–H groups in total. The Bertz CT molecular complexity index is 798. The lowest BCUT2D eigenvalue weighted by atomic mass is 10.1. The fourth-order valence-electron chi connectivity index (χ4n) is 2.48. The molecule has 0 amide bonds. The van der Waals surface area contributed by atoms with E-state index in [0.29, 0.717) is 22.6 Å². The molecule has 0 aromatic carbocycles. The number of aromatic nitrogens is 1. The Morgan fingerprint density at radius 1 is 1.17 bits per heavy atom. The monoisotopic (exact) mass is 333 g/mol. The zero-order valence-corrected chi connectivity index (χ0v) is 14.2. The van der Waals surface area contributed by atoms with Crippen molar-refractivity contribution in [3.8, 4) is 0 Å². The Kier molecular flexibility index (Phi) is 4.92. The third kappa shape index (κ3) is 3.10. The highest BCUT2D eigenvalue weighted by Gasteiger charge is 2.28. The molecule has 0 aliphatic rings. The zero-order chi connectivity index (χ0) is 18.0. The summed E-state index contributed by atoms with van der Waals surface area (Å²) in [6, 6.07) is 1.48. The van der Waals surface area contributed by atoms with Crippen LogP contribution in [0.3, 0.4) is 0 Å². The lowest BCUT2D eigenvalue weighted by Gasteiger charge is -2.11. The van der Waals surface area contributed by atoms with E-state index in [1.807, 2.05) is 0 Å². The molecule has 0 aliphatic carbocycles. The van der Waals surface area contributed by atoms with Crippen LogP contribution in [0.15, 0.2) is 16.7 Å². The third-order valence-corrected chi connectivity index (χ3v) is 3.81. The van der Waals surface area contributed by atoms with Gasteiger partial charge in [0.2, 0.25) is 5.78 Å². The van der Waals surface area contributed by atoms with Crippen molar-refractivity contribution >= 4 is 17.7 Å². The summed E-state index contributed by atoms with van der Waals surface area (Å²) < 4.78 is 15.0. The van der Waals surface area contributed by atoms with Crippen molar-refractivity contribution in [2.45, 2.75) is 33.8 Å². The molecule has 2 rings (SSSR count). The van der Waals surface area contributed by atoms with E-state index in [1.54, 1.807) is 20.8 Å². The number of carbonyl (C=O) groups is 3. The quantitative estimate of drug-likeness (QED) is 0.667. The van der Waals surface area contributed by atoms with Gasteiger partial charge in [-0.2, -0.15) is 0 Å². The van der Waals surface area contributed by atoms with E-state index in [4.69, 9.17) is 13.9 Å². The van der Waals surface area contributed by atoms with Crippen molar-refractivity contribution in [3.63, 3.8) is 0 Å². The second-order valence-electron chi connectivity index (χ2n) is 5.42. The molecule has 0 fully saturated rings. The molecule has 2 heterocycles. The first-order chi connectivity index (χ1) is 11.3. The number of nitrogens with one attached hydrogen (secondary N) is 1. The topological polar surface area (TPSA) is 98.6 Å². The number of Topliss-reactive ketones (excluding diaryl/α,β-unsaturated/α-hetero) is 1. The first kappa shape index (κ1) is 17.5. The number of esters is 2. The first-order valence-corrected chi connectivity index (χ1v) is 7.34. The Morgan fingerprint density at radius 3 is 2.38 bits per heavy atom. The second-order valence-corrected chi connectivity index (χ2v) is 5.42. The van der Waals surface area contributed by atoms with Gasteiger partial charge in [0.05, 0.1) is 24.6 Å². The van der Waals surface area contributed by atoms with Crippen molar-refractivity contribution in [3.05, 3.63) is 46.2 Å². The van der Waals surface area contributed by atoms with Crippen LogP contribution in [0.2, 0.25) is 0 Å². The smallest absolute Gasteiger partial charge is 0.342 e. The predicted molar refractivity (Wildman–Crippen MR) is 84.3 cm³/mol. The average molecular weight is 333 g/mol. The number of hydrogen-bond acceptors (Lipinski definition) is 6. The minimum absolute atomic E-state index is 0.220. The number of furan rings is 1. The maximum Gasteiger partial charge on any atom is 0.342 e. The van der Waals surface area contributed by atoms with Gasteiger partial charge in [-0.15, -0.1) is 0 Å². The molecule has 0 aliphatic heterocycles. The lowest BCUT2D eigenvalue weighted by Crippen LogP contribution is -2.25. The molecule has 0 bridgehead atoms. The van der Waals surface area contributed by atoms with Crippen LogP contribution < -0.4 is 0 Å². The summed E-state index contributed by atoms with van der Waals surface area (Å²) >= 11 is 0. The number of hydrogen-bond donors (Lipinski definition) is 1. The van der Waals surface area contributed by atoms with Crippen LogP contribution in [0, 0.1) is 20.8 Å². The number of H-pyrrole nitrogens is 1. The van der Waals surface area contributed by atoms with E-state index in [9.17, 15) is 14.4 Å². The molecule has 0 saturated heterocycles. The SMILES string of the molecule is COC(=O)c1c(C)[nH]c(C(=O)[C@H](C)OC(=O)c2ccoc2C)c1C. The van der Waals surface area contributed by atoms with Gasteiger partial charge >= 0.3 is 11.9 Å². The highest BCUT2D eigenvalue weighted by Crippen LogP contribution is 2.21. The van der Waals surface area contributed by atoms with Gasteiger partial charge in [0.25, 0.3) is 0 Å². The molecular formula is C17H19NO6. The van der Waals surface area contributed by atoms with Gasteiger partial charge in [0, 0.05) is 5.69 Å². The number of aryl methyl sites for hydroxylation is 2. The van der Waals surface area contributed by atoms with Crippen LogP contribution in [0.4, 0.5) is 0 Å². The van der Waals surface area contributed by atoms with Crippen LogP contribution in [0.5, 0.6) is 0 Å².